The van der Waals surface area contributed by atoms with E-state index < -0.39 is 0 Å². The van der Waals surface area contributed by atoms with Gasteiger partial charge >= 0.3 is 0 Å². The van der Waals surface area contributed by atoms with Crippen molar-refractivity contribution in [3.8, 4) is 0 Å². The number of methoxy groups -OCH3 is 1. The number of amides is 1. The van der Waals surface area contributed by atoms with Gasteiger partial charge in [0.1, 0.15) is 5.76 Å². The smallest absolute Gasteiger partial charge is 0.230 e. The summed E-state index contributed by atoms with van der Waals surface area (Å²) in [5.74, 6) is 2.02. The van der Waals surface area contributed by atoms with E-state index in [1.165, 1.54) is 0 Å². The van der Waals surface area contributed by atoms with E-state index in [1.54, 1.807) is 18.9 Å². The Kier molecular flexibility index (Phi) is 6.21. The zero-order valence-electron chi connectivity index (χ0n) is 11.3. The number of hydrogen-bond acceptors (Lipinski definition) is 5. The number of aromatic nitrogens is 1. The molecular formula is C12H20N2O3S. The Balaban J connectivity index is 2.27. The number of nitrogens with zero attached hydrogens (tertiary/aromatic N) is 1. The Morgan fingerprint density at radius 2 is 2.28 bits per heavy atom. The van der Waals surface area contributed by atoms with Crippen molar-refractivity contribution in [2.24, 2.45) is 0 Å². The van der Waals surface area contributed by atoms with Crippen LogP contribution in [0, 0.1) is 13.8 Å². The lowest BCUT2D eigenvalue weighted by Crippen LogP contribution is -2.36. The van der Waals surface area contributed by atoms with Crippen LogP contribution in [0.25, 0.3) is 0 Å². The average molecular weight is 272 g/mol. The molecule has 0 fully saturated rings. The second-order valence-electron chi connectivity index (χ2n) is 4.22. The normalized spacial score (nSPS) is 12.4. The van der Waals surface area contributed by atoms with Gasteiger partial charge in [-0.15, -0.1) is 11.8 Å². The molecule has 0 saturated carbocycles. The number of hydrogen-bond donors (Lipinski definition) is 1. The van der Waals surface area contributed by atoms with E-state index in [1.807, 2.05) is 20.8 Å². The van der Waals surface area contributed by atoms with Crippen LogP contribution in [0.2, 0.25) is 0 Å². The van der Waals surface area contributed by atoms with Crippen molar-refractivity contribution < 1.29 is 14.1 Å². The lowest BCUT2D eigenvalue weighted by molar-refractivity contribution is -0.119. The fraction of sp³-hybridized carbons (Fsp3) is 0.667. The zero-order chi connectivity index (χ0) is 13.5. The summed E-state index contributed by atoms with van der Waals surface area (Å²) in [7, 11) is 1.62. The van der Waals surface area contributed by atoms with Gasteiger partial charge in [-0.2, -0.15) is 0 Å². The summed E-state index contributed by atoms with van der Waals surface area (Å²) in [5, 5.41) is 6.75. The number of rotatable bonds is 7. The summed E-state index contributed by atoms with van der Waals surface area (Å²) in [6, 6.07) is 0.0437. The molecule has 18 heavy (non-hydrogen) atoms. The number of aryl methyl sites for hydroxylation is 2. The third-order valence-electron chi connectivity index (χ3n) is 2.48. The summed E-state index contributed by atoms with van der Waals surface area (Å²) in [6.07, 6.45) is 0. The molecule has 5 nitrogen and oxygen atoms in total. The molecule has 0 spiro atoms. The molecule has 1 atom stereocenters. The van der Waals surface area contributed by atoms with Gasteiger partial charge in [-0.25, -0.2) is 0 Å². The standard InChI is InChI=1S/C12H20N2O3S/c1-8(5-16-4)13-12(15)7-18-6-11-9(2)14-17-10(11)3/h8H,5-7H2,1-4H3,(H,13,15)/t8-/m0/s1. The second-order valence-corrected chi connectivity index (χ2v) is 5.21. The van der Waals surface area contributed by atoms with Crippen LogP contribution in [0.4, 0.5) is 0 Å². The van der Waals surface area contributed by atoms with Gasteiger partial charge < -0.3 is 14.6 Å². The van der Waals surface area contributed by atoms with Crippen LogP contribution in [-0.2, 0) is 15.3 Å². The number of carbonyl (C=O) groups is 1. The van der Waals surface area contributed by atoms with Crippen LogP contribution in [0.5, 0.6) is 0 Å². The fourth-order valence-electron chi connectivity index (χ4n) is 1.56. The van der Waals surface area contributed by atoms with E-state index in [-0.39, 0.29) is 11.9 Å². The molecule has 1 amide bonds. The quantitative estimate of drug-likeness (QED) is 0.818. The van der Waals surface area contributed by atoms with Crippen molar-refractivity contribution >= 4 is 17.7 Å². The molecule has 0 radical (unpaired) electrons. The zero-order valence-corrected chi connectivity index (χ0v) is 12.1. The lowest BCUT2D eigenvalue weighted by Gasteiger charge is -2.12. The topological polar surface area (TPSA) is 64.4 Å². The second kappa shape index (κ2) is 7.43. The minimum atomic E-state index is 0.0244. The first-order valence-corrected chi connectivity index (χ1v) is 6.97. The van der Waals surface area contributed by atoms with Gasteiger partial charge in [0.25, 0.3) is 0 Å². The molecule has 1 N–H and O–H groups in total. The lowest BCUT2D eigenvalue weighted by atomic mass is 10.2. The maximum atomic E-state index is 11.6. The van der Waals surface area contributed by atoms with Gasteiger partial charge in [0, 0.05) is 24.5 Å². The first-order valence-electron chi connectivity index (χ1n) is 5.82. The number of nitrogens with one attached hydrogen (secondary N) is 1. The van der Waals surface area contributed by atoms with Crippen LogP contribution in [-0.4, -0.2) is 36.6 Å². The molecule has 0 aromatic carbocycles. The Labute approximate surface area is 112 Å². The summed E-state index contributed by atoms with van der Waals surface area (Å²) < 4.78 is 10.0. The highest BCUT2D eigenvalue weighted by atomic mass is 32.2. The predicted octanol–water partition coefficient (Wildman–Crippen LogP) is 1.68. The van der Waals surface area contributed by atoms with Crippen molar-refractivity contribution in [1.29, 1.82) is 0 Å². The Hall–Kier alpha value is -1.01. The highest BCUT2D eigenvalue weighted by Gasteiger charge is 2.11. The van der Waals surface area contributed by atoms with Crippen molar-refractivity contribution in [3.05, 3.63) is 17.0 Å². The molecule has 0 bridgehead atoms. The highest BCUT2D eigenvalue weighted by Crippen LogP contribution is 2.19. The molecule has 0 aliphatic heterocycles. The van der Waals surface area contributed by atoms with E-state index in [9.17, 15) is 4.79 Å². The number of thioether (sulfide) groups is 1. The van der Waals surface area contributed by atoms with E-state index in [0.717, 1.165) is 22.8 Å². The molecule has 1 rings (SSSR count). The third-order valence-corrected chi connectivity index (χ3v) is 3.44. The van der Waals surface area contributed by atoms with Gasteiger partial charge in [0.2, 0.25) is 5.91 Å². The maximum Gasteiger partial charge on any atom is 0.230 e. The first kappa shape index (κ1) is 15.0. The number of carbonyl (C=O) groups excluding carboxylic acids is 1. The third kappa shape index (κ3) is 4.70. The molecule has 6 heteroatoms. The Bertz CT molecular complexity index is 373. The van der Waals surface area contributed by atoms with Crippen molar-refractivity contribution in [2.45, 2.75) is 32.6 Å². The van der Waals surface area contributed by atoms with Crippen molar-refractivity contribution in [1.82, 2.24) is 10.5 Å². The van der Waals surface area contributed by atoms with E-state index >= 15 is 0 Å². The minimum Gasteiger partial charge on any atom is -0.383 e. The van der Waals surface area contributed by atoms with Crippen LogP contribution in [0.15, 0.2) is 4.52 Å². The van der Waals surface area contributed by atoms with E-state index in [4.69, 9.17) is 9.26 Å². The average Bonchev–Trinajstić information content (AvgIpc) is 2.60. The van der Waals surface area contributed by atoms with Crippen molar-refractivity contribution in [3.63, 3.8) is 0 Å². The highest BCUT2D eigenvalue weighted by molar-refractivity contribution is 7.99. The minimum absolute atomic E-state index is 0.0244. The maximum absolute atomic E-state index is 11.6. The first-order chi connectivity index (χ1) is 8.54. The summed E-state index contributed by atoms with van der Waals surface area (Å²) in [4.78, 5) is 11.6. The molecule has 0 aliphatic rings. The molecule has 1 heterocycles. The van der Waals surface area contributed by atoms with Gasteiger partial charge in [-0.05, 0) is 20.8 Å². The van der Waals surface area contributed by atoms with Crippen molar-refractivity contribution in [2.75, 3.05) is 19.5 Å². The molecule has 102 valence electrons. The predicted molar refractivity (Wildman–Crippen MR) is 71.6 cm³/mol. The van der Waals surface area contributed by atoms with Gasteiger partial charge in [-0.1, -0.05) is 5.16 Å². The number of ether oxygens (including phenoxy) is 1. The molecular weight excluding hydrogens is 252 g/mol. The SMILES string of the molecule is COC[C@H](C)NC(=O)CSCc1c(C)noc1C. The van der Waals surface area contributed by atoms with Crippen LogP contribution < -0.4 is 5.32 Å². The summed E-state index contributed by atoms with van der Waals surface area (Å²) in [5.41, 5.74) is 1.98. The summed E-state index contributed by atoms with van der Waals surface area (Å²) in [6.45, 7) is 6.24. The molecule has 0 aliphatic carbocycles. The molecule has 0 unspecified atom stereocenters. The molecule has 1 aromatic rings. The van der Waals surface area contributed by atoms with E-state index in [2.05, 4.69) is 10.5 Å². The molecule has 1 aromatic heterocycles. The monoisotopic (exact) mass is 272 g/mol. The van der Waals surface area contributed by atoms with Crippen LogP contribution >= 0.6 is 11.8 Å². The largest absolute Gasteiger partial charge is 0.383 e. The van der Waals surface area contributed by atoms with E-state index in [0.29, 0.717) is 12.4 Å². The Morgan fingerprint density at radius 3 is 2.83 bits per heavy atom. The van der Waals surface area contributed by atoms with Gasteiger partial charge in [0.05, 0.1) is 18.1 Å². The van der Waals surface area contributed by atoms with Crippen LogP contribution in [0.1, 0.15) is 23.9 Å². The fourth-order valence-corrected chi connectivity index (χ4v) is 2.55. The van der Waals surface area contributed by atoms with Crippen LogP contribution in [0.3, 0.4) is 0 Å². The van der Waals surface area contributed by atoms with Gasteiger partial charge in [-0.3, -0.25) is 4.79 Å². The molecule has 0 saturated heterocycles. The van der Waals surface area contributed by atoms with Gasteiger partial charge in [0.15, 0.2) is 0 Å². The Morgan fingerprint density at radius 1 is 1.56 bits per heavy atom. The summed E-state index contributed by atoms with van der Waals surface area (Å²) >= 11 is 1.55.